The zero-order valence-corrected chi connectivity index (χ0v) is 9.34. The van der Waals surface area contributed by atoms with E-state index in [0.29, 0.717) is 17.8 Å². The van der Waals surface area contributed by atoms with Crippen molar-refractivity contribution in [1.82, 2.24) is 4.90 Å². The molecule has 2 atom stereocenters. The summed E-state index contributed by atoms with van der Waals surface area (Å²) in [4.78, 5) is 2.50. The Hall–Kier alpha value is -1.33. The van der Waals surface area contributed by atoms with E-state index in [0.717, 1.165) is 19.6 Å². The Morgan fingerprint density at radius 1 is 1.19 bits per heavy atom. The minimum atomic E-state index is 0.354. The van der Waals surface area contributed by atoms with Gasteiger partial charge in [-0.15, -0.1) is 0 Å². The predicted octanol–water partition coefficient (Wildman–Crippen LogP) is 2.28. The predicted molar refractivity (Wildman–Crippen MR) is 62.4 cm³/mol. The van der Waals surface area contributed by atoms with E-state index in [9.17, 15) is 0 Å². The van der Waals surface area contributed by atoms with Crippen LogP contribution in [0.2, 0.25) is 0 Å². The summed E-state index contributed by atoms with van der Waals surface area (Å²) in [6.45, 7) is 3.28. The second-order valence-electron chi connectivity index (χ2n) is 5.09. The van der Waals surface area contributed by atoms with Gasteiger partial charge in [-0.05, 0) is 23.8 Å². The van der Waals surface area contributed by atoms with Crippen LogP contribution in [0.5, 0.6) is 0 Å². The van der Waals surface area contributed by atoms with Crippen LogP contribution in [0.1, 0.15) is 12.0 Å². The van der Waals surface area contributed by atoms with Crippen molar-refractivity contribution in [2.45, 2.75) is 13.0 Å². The minimum Gasteiger partial charge on any atom is -0.298 e. The molecule has 1 aromatic carbocycles. The fourth-order valence-corrected chi connectivity index (χ4v) is 3.17. The molecule has 0 radical (unpaired) electrons. The molecule has 1 aromatic rings. The third kappa shape index (κ3) is 1.62. The molecule has 3 fully saturated rings. The van der Waals surface area contributed by atoms with Gasteiger partial charge >= 0.3 is 0 Å². The van der Waals surface area contributed by atoms with Crippen molar-refractivity contribution < 1.29 is 0 Å². The zero-order valence-electron chi connectivity index (χ0n) is 9.34. The molecule has 4 rings (SSSR count). The topological polar surface area (TPSA) is 27.0 Å². The van der Waals surface area contributed by atoms with Crippen molar-refractivity contribution in [2.24, 2.45) is 17.8 Å². The molecule has 0 N–H and O–H groups in total. The summed E-state index contributed by atoms with van der Waals surface area (Å²) in [5.41, 5.74) is 1.39. The molecule has 2 nitrogen and oxygen atoms in total. The molecule has 1 saturated carbocycles. The quantitative estimate of drug-likeness (QED) is 0.752. The Labute approximate surface area is 96.5 Å². The third-order valence-electron chi connectivity index (χ3n) is 4.00. The summed E-state index contributed by atoms with van der Waals surface area (Å²) in [5.74, 6) is 1.65. The van der Waals surface area contributed by atoms with Crippen molar-refractivity contribution in [3.05, 3.63) is 35.9 Å². The number of benzene rings is 1. The first-order valence-corrected chi connectivity index (χ1v) is 6.02. The first-order valence-electron chi connectivity index (χ1n) is 6.02. The van der Waals surface area contributed by atoms with Crippen molar-refractivity contribution in [3.8, 4) is 6.07 Å². The van der Waals surface area contributed by atoms with Crippen LogP contribution in [0.15, 0.2) is 30.3 Å². The highest BCUT2D eigenvalue weighted by molar-refractivity contribution is 5.15. The van der Waals surface area contributed by atoms with E-state index >= 15 is 0 Å². The zero-order chi connectivity index (χ0) is 11.0. The van der Waals surface area contributed by atoms with Crippen molar-refractivity contribution in [3.63, 3.8) is 0 Å². The van der Waals surface area contributed by atoms with Gasteiger partial charge in [0.15, 0.2) is 0 Å². The average Bonchev–Trinajstić information content (AvgIpc) is 2.31. The van der Waals surface area contributed by atoms with E-state index in [2.05, 4.69) is 41.3 Å². The SMILES string of the molecule is N#CC1C2CC1CN(Cc1ccccc1)C2. The van der Waals surface area contributed by atoms with Crippen LogP contribution >= 0.6 is 0 Å². The summed E-state index contributed by atoms with van der Waals surface area (Å²) in [6.07, 6.45) is 1.28. The Kier molecular flexibility index (Phi) is 2.41. The lowest BCUT2D eigenvalue weighted by Gasteiger charge is -2.50. The van der Waals surface area contributed by atoms with Gasteiger partial charge in [-0.2, -0.15) is 5.26 Å². The second kappa shape index (κ2) is 3.92. The molecule has 0 aromatic heterocycles. The van der Waals surface area contributed by atoms with Gasteiger partial charge in [0.2, 0.25) is 0 Å². The molecule has 0 amide bonds. The van der Waals surface area contributed by atoms with Gasteiger partial charge < -0.3 is 0 Å². The molecule has 2 heteroatoms. The number of rotatable bonds is 2. The lowest BCUT2D eigenvalue weighted by atomic mass is 9.62. The Balaban J connectivity index is 1.62. The maximum Gasteiger partial charge on any atom is 0.0662 e. The summed E-state index contributed by atoms with van der Waals surface area (Å²) >= 11 is 0. The fraction of sp³-hybridized carbons (Fsp3) is 0.500. The number of nitriles is 1. The summed E-state index contributed by atoms with van der Waals surface area (Å²) in [5, 5.41) is 9.00. The molecule has 0 spiro atoms. The molecular weight excluding hydrogens is 196 g/mol. The van der Waals surface area contributed by atoms with E-state index in [1.54, 1.807) is 0 Å². The number of piperidine rings is 2. The van der Waals surface area contributed by atoms with Crippen LogP contribution in [0.3, 0.4) is 0 Å². The normalized spacial score (nSPS) is 32.8. The van der Waals surface area contributed by atoms with E-state index in [1.165, 1.54) is 12.0 Å². The summed E-state index contributed by atoms with van der Waals surface area (Å²) in [6, 6.07) is 13.1. The minimum absolute atomic E-state index is 0.354. The third-order valence-corrected chi connectivity index (χ3v) is 4.00. The molecule has 1 aliphatic carbocycles. The van der Waals surface area contributed by atoms with Gasteiger partial charge in [-0.1, -0.05) is 30.3 Å². The monoisotopic (exact) mass is 212 g/mol. The molecule has 16 heavy (non-hydrogen) atoms. The second-order valence-corrected chi connectivity index (χ2v) is 5.09. The van der Waals surface area contributed by atoms with Gasteiger partial charge in [0.1, 0.15) is 0 Å². The van der Waals surface area contributed by atoms with Crippen molar-refractivity contribution >= 4 is 0 Å². The average molecular weight is 212 g/mol. The molecule has 82 valence electrons. The number of fused-ring (bicyclic) bond motifs is 2. The maximum atomic E-state index is 9.00. The van der Waals surface area contributed by atoms with Gasteiger partial charge in [0, 0.05) is 19.6 Å². The Bertz CT molecular complexity index is 394. The molecule has 2 aliphatic heterocycles. The van der Waals surface area contributed by atoms with Crippen LogP contribution in [0.4, 0.5) is 0 Å². The van der Waals surface area contributed by atoms with Crippen LogP contribution in [0.25, 0.3) is 0 Å². The van der Waals surface area contributed by atoms with Crippen molar-refractivity contribution in [1.29, 1.82) is 5.26 Å². The highest BCUT2D eigenvalue weighted by atomic mass is 15.1. The van der Waals surface area contributed by atoms with Gasteiger partial charge in [-0.3, -0.25) is 4.90 Å². The molecule has 2 bridgehead atoms. The fourth-order valence-electron chi connectivity index (χ4n) is 3.17. The van der Waals surface area contributed by atoms with Crippen LogP contribution in [-0.2, 0) is 6.54 Å². The lowest BCUT2D eigenvalue weighted by molar-refractivity contribution is -0.0180. The maximum absolute atomic E-state index is 9.00. The van der Waals surface area contributed by atoms with Crippen LogP contribution in [-0.4, -0.2) is 18.0 Å². The number of hydrogen-bond acceptors (Lipinski definition) is 2. The van der Waals surface area contributed by atoms with Gasteiger partial charge in [0.25, 0.3) is 0 Å². The highest BCUT2D eigenvalue weighted by Gasteiger charge is 2.46. The molecule has 2 heterocycles. The Morgan fingerprint density at radius 2 is 1.88 bits per heavy atom. The van der Waals surface area contributed by atoms with Crippen LogP contribution in [0, 0.1) is 29.1 Å². The lowest BCUT2D eigenvalue weighted by Crippen LogP contribution is -2.54. The summed E-state index contributed by atoms with van der Waals surface area (Å²) < 4.78 is 0. The molecule has 2 unspecified atom stereocenters. The number of hydrogen-bond donors (Lipinski definition) is 0. The van der Waals surface area contributed by atoms with E-state index in [-0.39, 0.29) is 0 Å². The first kappa shape index (κ1) is 9.86. The van der Waals surface area contributed by atoms with Crippen LogP contribution < -0.4 is 0 Å². The number of nitrogens with zero attached hydrogens (tertiary/aromatic N) is 2. The summed E-state index contributed by atoms with van der Waals surface area (Å²) in [7, 11) is 0. The molecular formula is C14H16N2. The molecule has 2 saturated heterocycles. The Morgan fingerprint density at radius 3 is 2.50 bits per heavy atom. The van der Waals surface area contributed by atoms with Gasteiger partial charge in [0.05, 0.1) is 12.0 Å². The van der Waals surface area contributed by atoms with E-state index in [4.69, 9.17) is 5.26 Å². The van der Waals surface area contributed by atoms with Crippen molar-refractivity contribution in [2.75, 3.05) is 13.1 Å². The molecule has 3 aliphatic rings. The van der Waals surface area contributed by atoms with E-state index in [1.807, 2.05) is 0 Å². The highest BCUT2D eigenvalue weighted by Crippen LogP contribution is 2.45. The van der Waals surface area contributed by atoms with E-state index < -0.39 is 0 Å². The van der Waals surface area contributed by atoms with Gasteiger partial charge in [-0.25, -0.2) is 0 Å². The first-order chi connectivity index (χ1) is 7.86. The standard InChI is InChI=1S/C14H16N2/c15-7-14-12-6-13(14)10-16(9-12)8-11-4-2-1-3-5-11/h1-5,12-14H,6,8-10H2. The smallest absolute Gasteiger partial charge is 0.0662 e. The largest absolute Gasteiger partial charge is 0.298 e.